The molecular weight excluding hydrogens is 578 g/mol. The summed E-state index contributed by atoms with van der Waals surface area (Å²) in [5.74, 6) is -0.428. The number of nitrogens with one attached hydrogen (secondary N) is 1. The summed E-state index contributed by atoms with van der Waals surface area (Å²) in [7, 11) is -3.55. The molecule has 208 valence electrons. The number of amides is 2. The first-order valence-electron chi connectivity index (χ1n) is 13.0. The van der Waals surface area contributed by atoms with Gasteiger partial charge in [-0.25, -0.2) is 8.42 Å². The van der Waals surface area contributed by atoms with E-state index in [-0.39, 0.29) is 31.3 Å². The maximum Gasteiger partial charge on any atom is 0.243 e. The summed E-state index contributed by atoms with van der Waals surface area (Å²) in [6, 6.07) is 23.8. The number of anilines is 1. The molecule has 0 radical (unpaired) electrons. The summed E-state index contributed by atoms with van der Waals surface area (Å²) in [5, 5.41) is 2.89. The Hall–Kier alpha value is -3.17. The Kier molecular flexibility index (Phi) is 11.1. The molecule has 0 aliphatic rings. The second kappa shape index (κ2) is 14.3. The number of likely N-dealkylation sites (N-methyl/N-ethyl adjacent to an activating group) is 1. The van der Waals surface area contributed by atoms with Crippen LogP contribution in [0.2, 0.25) is 0 Å². The van der Waals surface area contributed by atoms with Crippen molar-refractivity contribution in [1.82, 2.24) is 10.2 Å². The highest BCUT2D eigenvalue weighted by molar-refractivity contribution is 9.10. The van der Waals surface area contributed by atoms with Crippen molar-refractivity contribution in [3.8, 4) is 0 Å². The molecule has 3 aromatic rings. The number of nitrogens with zero attached hydrogens (tertiary/aromatic N) is 2. The molecule has 0 saturated carbocycles. The average molecular weight is 615 g/mol. The van der Waals surface area contributed by atoms with E-state index in [4.69, 9.17) is 0 Å². The van der Waals surface area contributed by atoms with E-state index in [2.05, 4.69) is 21.2 Å². The van der Waals surface area contributed by atoms with Crippen LogP contribution < -0.4 is 9.62 Å². The molecule has 0 fully saturated rings. The molecule has 9 heteroatoms. The monoisotopic (exact) mass is 613 g/mol. The Morgan fingerprint density at radius 2 is 1.62 bits per heavy atom. The van der Waals surface area contributed by atoms with Crippen molar-refractivity contribution in [1.29, 1.82) is 0 Å². The van der Waals surface area contributed by atoms with Crippen LogP contribution in [0, 0.1) is 6.92 Å². The van der Waals surface area contributed by atoms with Gasteiger partial charge in [0.15, 0.2) is 0 Å². The van der Waals surface area contributed by atoms with E-state index in [0.29, 0.717) is 25.1 Å². The lowest BCUT2D eigenvalue weighted by molar-refractivity contribution is -0.141. The van der Waals surface area contributed by atoms with Gasteiger partial charge in [-0.3, -0.25) is 13.9 Å². The molecular formula is C30H36BrN3O4S. The zero-order valence-electron chi connectivity index (χ0n) is 22.6. The third-order valence-corrected chi connectivity index (χ3v) is 8.07. The predicted molar refractivity (Wildman–Crippen MR) is 160 cm³/mol. The van der Waals surface area contributed by atoms with Gasteiger partial charge < -0.3 is 10.2 Å². The fourth-order valence-electron chi connectivity index (χ4n) is 4.50. The molecule has 0 aliphatic heterocycles. The van der Waals surface area contributed by atoms with Crippen molar-refractivity contribution in [2.45, 2.75) is 45.7 Å². The molecule has 0 bridgehead atoms. The minimum Gasteiger partial charge on any atom is -0.355 e. The van der Waals surface area contributed by atoms with E-state index in [9.17, 15) is 18.0 Å². The van der Waals surface area contributed by atoms with Gasteiger partial charge in [-0.15, -0.1) is 0 Å². The molecule has 0 spiro atoms. The van der Waals surface area contributed by atoms with Crippen molar-refractivity contribution in [2.75, 3.05) is 23.7 Å². The SMILES string of the molecule is CCNC(=O)C(Cc1ccccc1)N(Cc1cccc(Br)c1)C(=O)CCCN(c1ccccc1C)S(C)(=O)=O. The number of benzene rings is 3. The first-order valence-corrected chi connectivity index (χ1v) is 15.6. The number of aryl methyl sites for hydroxylation is 1. The molecule has 3 aromatic carbocycles. The summed E-state index contributed by atoms with van der Waals surface area (Å²) in [6.07, 6.45) is 1.94. The van der Waals surface area contributed by atoms with E-state index in [1.54, 1.807) is 17.0 Å². The van der Waals surface area contributed by atoms with Crippen LogP contribution in [0.4, 0.5) is 5.69 Å². The van der Waals surface area contributed by atoms with Gasteiger partial charge in [0.25, 0.3) is 0 Å². The van der Waals surface area contributed by atoms with Crippen molar-refractivity contribution in [2.24, 2.45) is 0 Å². The molecule has 1 unspecified atom stereocenters. The molecule has 0 heterocycles. The molecule has 1 N–H and O–H groups in total. The highest BCUT2D eigenvalue weighted by Gasteiger charge is 2.30. The molecule has 0 aliphatic carbocycles. The van der Waals surface area contributed by atoms with Crippen molar-refractivity contribution < 1.29 is 18.0 Å². The Morgan fingerprint density at radius 3 is 2.26 bits per heavy atom. The zero-order chi connectivity index (χ0) is 28.4. The van der Waals surface area contributed by atoms with Gasteiger partial charge in [0.05, 0.1) is 11.9 Å². The van der Waals surface area contributed by atoms with Gasteiger partial charge in [0.1, 0.15) is 6.04 Å². The van der Waals surface area contributed by atoms with Crippen LogP contribution in [0.25, 0.3) is 0 Å². The second-order valence-corrected chi connectivity index (χ2v) is 12.3. The quantitative estimate of drug-likeness (QED) is 0.291. The summed E-state index contributed by atoms with van der Waals surface area (Å²) in [4.78, 5) is 28.7. The third-order valence-electron chi connectivity index (χ3n) is 6.40. The minimum atomic E-state index is -3.55. The second-order valence-electron chi connectivity index (χ2n) is 9.48. The lowest BCUT2D eigenvalue weighted by Gasteiger charge is -2.32. The first-order chi connectivity index (χ1) is 18.6. The van der Waals surface area contributed by atoms with Crippen LogP contribution in [-0.4, -0.2) is 50.5 Å². The molecule has 3 rings (SSSR count). The van der Waals surface area contributed by atoms with Gasteiger partial charge >= 0.3 is 0 Å². The molecule has 7 nitrogen and oxygen atoms in total. The van der Waals surface area contributed by atoms with Gasteiger partial charge in [0.2, 0.25) is 21.8 Å². The van der Waals surface area contributed by atoms with Crippen LogP contribution in [0.3, 0.4) is 0 Å². The highest BCUT2D eigenvalue weighted by Crippen LogP contribution is 2.23. The number of carbonyl (C=O) groups is 2. The number of rotatable bonds is 13. The van der Waals surface area contributed by atoms with Crippen molar-refractivity contribution in [3.63, 3.8) is 0 Å². The topological polar surface area (TPSA) is 86.8 Å². The minimum absolute atomic E-state index is 0.0938. The first kappa shape index (κ1) is 30.4. The maximum atomic E-state index is 13.8. The molecule has 0 aromatic heterocycles. The van der Waals surface area contributed by atoms with E-state index >= 15 is 0 Å². The summed E-state index contributed by atoms with van der Waals surface area (Å²) in [6.45, 7) is 4.57. The third kappa shape index (κ3) is 8.93. The lowest BCUT2D eigenvalue weighted by Crippen LogP contribution is -2.50. The standard InChI is InChI=1S/C30H36BrN3O4S/c1-4-32-30(36)28(21-24-13-6-5-7-14-24)33(22-25-15-10-16-26(31)20-25)29(35)18-11-19-34(39(3,37)38)27-17-9-8-12-23(27)2/h5-10,12-17,20,28H,4,11,18-19,21-22H2,1-3H3,(H,32,36). The van der Waals surface area contributed by atoms with Gasteiger partial charge in [-0.05, 0) is 55.2 Å². The van der Waals surface area contributed by atoms with Gasteiger partial charge in [0, 0.05) is 36.9 Å². The number of para-hydroxylation sites is 1. The molecule has 2 amide bonds. The number of hydrogen-bond acceptors (Lipinski definition) is 4. The number of carbonyl (C=O) groups excluding carboxylic acids is 2. The Labute approximate surface area is 240 Å². The lowest BCUT2D eigenvalue weighted by atomic mass is 10.0. The van der Waals surface area contributed by atoms with Gasteiger partial charge in [-0.1, -0.05) is 76.6 Å². The van der Waals surface area contributed by atoms with Crippen molar-refractivity contribution >= 4 is 43.5 Å². The van der Waals surface area contributed by atoms with Crippen LogP contribution in [0.1, 0.15) is 36.5 Å². The number of hydrogen-bond donors (Lipinski definition) is 1. The van der Waals surface area contributed by atoms with E-state index in [1.165, 1.54) is 10.6 Å². The van der Waals surface area contributed by atoms with Crippen LogP contribution >= 0.6 is 15.9 Å². The number of halogens is 1. The van der Waals surface area contributed by atoms with Crippen LogP contribution in [0.15, 0.2) is 83.3 Å². The fourth-order valence-corrected chi connectivity index (χ4v) is 5.97. The smallest absolute Gasteiger partial charge is 0.243 e. The normalized spacial score (nSPS) is 12.0. The highest BCUT2D eigenvalue weighted by atomic mass is 79.9. The van der Waals surface area contributed by atoms with Gasteiger partial charge in [-0.2, -0.15) is 0 Å². The molecule has 0 saturated heterocycles. The average Bonchev–Trinajstić information content (AvgIpc) is 2.89. The Bertz CT molecular complexity index is 1370. The maximum absolute atomic E-state index is 13.8. The van der Waals surface area contributed by atoms with Crippen LogP contribution in [-0.2, 0) is 32.6 Å². The largest absolute Gasteiger partial charge is 0.355 e. The van der Waals surface area contributed by atoms with E-state index in [0.717, 1.165) is 21.2 Å². The van der Waals surface area contributed by atoms with Crippen LogP contribution in [0.5, 0.6) is 0 Å². The van der Waals surface area contributed by atoms with E-state index < -0.39 is 16.1 Å². The molecule has 39 heavy (non-hydrogen) atoms. The number of sulfonamides is 1. The Morgan fingerprint density at radius 1 is 0.949 bits per heavy atom. The zero-order valence-corrected chi connectivity index (χ0v) is 25.0. The summed E-state index contributed by atoms with van der Waals surface area (Å²) >= 11 is 3.49. The van der Waals surface area contributed by atoms with Crippen molar-refractivity contribution in [3.05, 3.63) is 100 Å². The predicted octanol–water partition coefficient (Wildman–Crippen LogP) is 5.08. The van der Waals surface area contributed by atoms with E-state index in [1.807, 2.05) is 80.6 Å². The molecule has 1 atom stereocenters. The Balaban J connectivity index is 1.87. The summed E-state index contributed by atoms with van der Waals surface area (Å²) in [5.41, 5.74) is 3.27. The fraction of sp³-hybridized carbons (Fsp3) is 0.333. The summed E-state index contributed by atoms with van der Waals surface area (Å²) < 4.78 is 27.5.